The Bertz CT molecular complexity index is 59.7. The van der Waals surface area contributed by atoms with Crippen molar-refractivity contribution in [3.8, 4) is 0 Å². The van der Waals surface area contributed by atoms with E-state index < -0.39 is 11.0 Å². The summed E-state index contributed by atoms with van der Waals surface area (Å²) in [6.45, 7) is 0. The zero-order valence-corrected chi connectivity index (χ0v) is 2.61. The second kappa shape index (κ2) is 22.4. The minimum absolute atomic E-state index is 0. The van der Waals surface area contributed by atoms with Crippen molar-refractivity contribution in [2.45, 2.75) is 0 Å². The average Bonchev–Trinajstić information content (AvgIpc) is 0.811. The zero-order valence-electron chi connectivity index (χ0n) is 1.71. The normalized spacial score (nSPS) is 4.25. The van der Waals surface area contributed by atoms with Crippen LogP contribution in [0.25, 0.3) is 0 Å². The van der Waals surface area contributed by atoms with Crippen LogP contribution in [0.15, 0.2) is 0 Å². The van der Waals surface area contributed by atoms with E-state index in [2.05, 4.69) is 0 Å². The topological polar surface area (TPSA) is 54.4 Å². The summed E-state index contributed by atoms with van der Waals surface area (Å²) in [5.74, 6) is 0. The van der Waals surface area contributed by atoms with Crippen LogP contribution in [0.5, 0.6) is 0 Å². The minimum atomic E-state index is -3.12. The molecule has 0 aromatic rings. The number of hydrogen-bond acceptors (Lipinski definition) is 2. The predicted molar refractivity (Wildman–Crippen MR) is 41.5 cm³/mol. The summed E-state index contributed by atoms with van der Waals surface area (Å²) in [5.41, 5.74) is 0. The monoisotopic (exact) mass is 178 g/mol. The van der Waals surface area contributed by atoms with Crippen LogP contribution in [-0.2, 0) is 11.0 Å². The van der Waals surface area contributed by atoms with Gasteiger partial charge in [-0.15, -0.1) is 0 Å². The fourth-order valence-corrected chi connectivity index (χ4v) is 0. The van der Waals surface area contributed by atoms with E-state index in [4.69, 9.17) is 13.0 Å². The van der Waals surface area contributed by atoms with Crippen molar-refractivity contribution in [2.75, 3.05) is 0 Å². The molecule has 0 saturated heterocycles. The van der Waals surface area contributed by atoms with Crippen LogP contribution in [0.2, 0.25) is 0 Å². The van der Waals surface area contributed by atoms with E-state index >= 15 is 0 Å². The molecule has 0 fully saturated rings. The van der Waals surface area contributed by atoms with Crippen molar-refractivity contribution in [3.05, 3.63) is 0 Å². The molecule has 0 aliphatic heterocycles. The Morgan fingerprint density at radius 1 is 0.875 bits per heavy atom. The molecule has 8 heteroatoms. The number of rotatable bonds is 0. The van der Waals surface area contributed by atoms with Crippen LogP contribution in [0.3, 0.4) is 0 Å². The van der Waals surface area contributed by atoms with Gasteiger partial charge in [0.15, 0.2) is 0 Å². The molecule has 0 spiro atoms. The number of hydrogen-bond donors (Lipinski definition) is 2. The third kappa shape index (κ3) is 51.5. The molecule has 0 amide bonds. The molecule has 0 aromatic carbocycles. The first-order valence-electron chi connectivity index (χ1n) is 0.565. The first-order valence-corrected chi connectivity index (χ1v) is 1.70. The Kier molecular flexibility index (Phi) is 83.3. The van der Waals surface area contributed by atoms with Gasteiger partial charge < -0.3 is 0 Å². The van der Waals surface area contributed by atoms with Gasteiger partial charge in [-0.1, -0.05) is 0 Å². The van der Waals surface area contributed by atoms with Gasteiger partial charge in [0, 0.05) is 0 Å². The van der Waals surface area contributed by atoms with Crippen LogP contribution >= 0.6 is 0 Å². The Morgan fingerprint density at radius 2 is 0.875 bits per heavy atom. The van der Waals surface area contributed by atoms with Crippen LogP contribution < -0.4 is 0 Å². The van der Waals surface area contributed by atoms with Crippen molar-refractivity contribution in [3.63, 3.8) is 0 Å². The van der Waals surface area contributed by atoms with Gasteiger partial charge in [-0.05, 0) is 0 Å². The summed E-state index contributed by atoms with van der Waals surface area (Å²) in [7, 11) is -3.12. The Balaban J connectivity index is -0.00000000750. The number of thiol groups is 1. The van der Waals surface area contributed by atoms with E-state index in [0.717, 1.165) is 0 Å². The van der Waals surface area contributed by atoms with Gasteiger partial charge in [-0.25, -0.2) is 8.42 Å². The SMILES string of the molecule is O=[SH](=O)O.[NaH].[NaH].[NaH].[NaH]. The second-order valence-electron chi connectivity index (χ2n) is 0.238. The first-order chi connectivity index (χ1) is 1.73. The van der Waals surface area contributed by atoms with E-state index in [9.17, 15) is 0 Å². The van der Waals surface area contributed by atoms with E-state index in [1.54, 1.807) is 0 Å². The van der Waals surface area contributed by atoms with E-state index in [-0.39, 0.29) is 118 Å². The Hall–Kier alpha value is 3.91. The quantitative estimate of drug-likeness (QED) is 0.230. The molecule has 0 rings (SSSR count). The van der Waals surface area contributed by atoms with Gasteiger partial charge in [0.05, 0.1) is 0 Å². The molecule has 0 aromatic heterocycles. The molecular formula is H6Na4O3S. The first kappa shape index (κ1) is 29.7. The Labute approximate surface area is 139 Å². The summed E-state index contributed by atoms with van der Waals surface area (Å²) in [4.78, 5) is 0. The molecule has 0 atom stereocenters. The van der Waals surface area contributed by atoms with Gasteiger partial charge in [0.1, 0.15) is 0 Å². The standard InChI is InChI=1S/4Na.H2O3S.4H/c;;;;1-4(2)3;;;;/h;;;;4H,(H,1,2,3);;;;. The summed E-state index contributed by atoms with van der Waals surface area (Å²) >= 11 is 0. The Morgan fingerprint density at radius 3 is 0.875 bits per heavy atom. The molecule has 0 radical (unpaired) electrons. The van der Waals surface area contributed by atoms with Gasteiger partial charge in [-0.2, -0.15) is 0 Å². The van der Waals surface area contributed by atoms with E-state index in [0.29, 0.717) is 0 Å². The van der Waals surface area contributed by atoms with Gasteiger partial charge in [-0.3, -0.25) is 4.55 Å². The molecular weight excluding hydrogens is 172 g/mol. The van der Waals surface area contributed by atoms with Crippen LogP contribution in [0, 0.1) is 0 Å². The van der Waals surface area contributed by atoms with E-state index in [1.165, 1.54) is 0 Å². The van der Waals surface area contributed by atoms with Crippen LogP contribution in [-0.4, -0.2) is 131 Å². The molecule has 34 valence electrons. The average molecular weight is 178 g/mol. The molecule has 1 N–H and O–H groups in total. The molecule has 8 heavy (non-hydrogen) atoms. The molecule has 0 aliphatic rings. The van der Waals surface area contributed by atoms with Gasteiger partial charge >= 0.3 is 118 Å². The molecule has 3 nitrogen and oxygen atoms in total. The summed E-state index contributed by atoms with van der Waals surface area (Å²) in [6.07, 6.45) is 0. The van der Waals surface area contributed by atoms with Crippen molar-refractivity contribution < 1.29 is 13.0 Å². The third-order valence-electron chi connectivity index (χ3n) is 0. The molecule has 0 bridgehead atoms. The van der Waals surface area contributed by atoms with Crippen LogP contribution in [0.1, 0.15) is 0 Å². The third-order valence-corrected chi connectivity index (χ3v) is 0. The summed E-state index contributed by atoms with van der Waals surface area (Å²) in [6, 6.07) is 0. The van der Waals surface area contributed by atoms with Crippen LogP contribution in [0.4, 0.5) is 0 Å². The van der Waals surface area contributed by atoms with Crippen molar-refractivity contribution >= 4 is 129 Å². The van der Waals surface area contributed by atoms with Crippen molar-refractivity contribution in [1.29, 1.82) is 0 Å². The van der Waals surface area contributed by atoms with Gasteiger partial charge in [0.25, 0.3) is 11.0 Å². The maximum atomic E-state index is 8.59. The second-order valence-corrected chi connectivity index (χ2v) is 0.714. The molecule has 0 saturated carbocycles. The van der Waals surface area contributed by atoms with Crippen molar-refractivity contribution in [1.82, 2.24) is 0 Å². The maximum absolute atomic E-state index is 8.59. The summed E-state index contributed by atoms with van der Waals surface area (Å²) in [5, 5.41) is 0. The molecule has 0 unspecified atom stereocenters. The molecule has 0 heterocycles. The predicted octanol–water partition coefficient (Wildman–Crippen LogP) is -3.52. The summed E-state index contributed by atoms with van der Waals surface area (Å²) < 4.78 is 24.2. The van der Waals surface area contributed by atoms with Crippen molar-refractivity contribution in [2.24, 2.45) is 0 Å². The van der Waals surface area contributed by atoms with E-state index in [1.807, 2.05) is 0 Å². The fourth-order valence-electron chi connectivity index (χ4n) is 0. The van der Waals surface area contributed by atoms with Gasteiger partial charge in [0.2, 0.25) is 0 Å². The molecule has 0 aliphatic carbocycles. The zero-order chi connectivity index (χ0) is 3.58. The fraction of sp³-hybridized carbons (Fsp3) is 0.